The highest BCUT2D eigenvalue weighted by molar-refractivity contribution is 7.92. The Kier molecular flexibility index (Phi) is 8.48. The van der Waals surface area contributed by atoms with Crippen molar-refractivity contribution in [2.24, 2.45) is 4.99 Å². The lowest BCUT2D eigenvalue weighted by atomic mass is 10.0. The van der Waals surface area contributed by atoms with Gasteiger partial charge in [-0.2, -0.15) is 0 Å². The first-order valence-electron chi connectivity index (χ1n) is 13.4. The second kappa shape index (κ2) is 12.2. The minimum Gasteiger partial charge on any atom is -0.494 e. The van der Waals surface area contributed by atoms with Crippen LogP contribution in [0, 0.1) is 0 Å². The second-order valence-electron chi connectivity index (χ2n) is 9.87. The fourth-order valence-electron chi connectivity index (χ4n) is 5.08. The Morgan fingerprint density at radius 3 is 2.29 bits per heavy atom. The molecular weight excluding hydrogens is 542 g/mol. The summed E-state index contributed by atoms with van der Waals surface area (Å²) in [5.74, 6) is 1.03. The summed E-state index contributed by atoms with van der Waals surface area (Å²) in [5.41, 5.74) is 3.73. The number of hydrogen-bond donors (Lipinski definition) is 3. The topological polar surface area (TPSA) is 119 Å². The molecule has 11 heteroatoms. The zero-order valence-corrected chi connectivity index (χ0v) is 24.2. The number of aromatic hydroxyl groups is 1. The molecular formula is C30H35N5O5S. The van der Waals surface area contributed by atoms with E-state index in [9.17, 15) is 13.5 Å². The van der Waals surface area contributed by atoms with E-state index in [1.165, 1.54) is 10.6 Å². The molecule has 0 spiro atoms. The standard InChI is InChI=1S/C30H35N5O5S/c1-39-26-19-24-25(20-27(26)40-2)33-30(36)28(24)29(21-7-5-4-6-8-21)32-22-9-11-23(12-10-22)35(41(3,37)38)18-17-34-15-13-31-14-16-34/h4-12,19-20,31,33,36H,13-18H2,1-3H3. The van der Waals surface area contributed by atoms with Crippen LogP contribution in [0.5, 0.6) is 17.4 Å². The summed E-state index contributed by atoms with van der Waals surface area (Å²) in [7, 11) is -0.357. The van der Waals surface area contributed by atoms with Gasteiger partial charge in [-0.25, -0.2) is 13.4 Å². The number of nitrogens with zero attached hydrogens (tertiary/aromatic N) is 3. The van der Waals surface area contributed by atoms with E-state index in [2.05, 4.69) is 15.2 Å². The molecule has 3 N–H and O–H groups in total. The van der Waals surface area contributed by atoms with E-state index in [0.717, 1.165) is 37.1 Å². The quantitative estimate of drug-likeness (QED) is 0.246. The number of benzene rings is 3. The number of fused-ring (bicyclic) bond motifs is 1. The average Bonchev–Trinajstić information content (AvgIpc) is 3.30. The second-order valence-corrected chi connectivity index (χ2v) is 11.8. The molecule has 0 aliphatic carbocycles. The molecule has 2 heterocycles. The number of nitrogens with one attached hydrogen (secondary N) is 2. The molecule has 0 amide bonds. The maximum atomic E-state index is 12.7. The third kappa shape index (κ3) is 6.32. The average molecular weight is 578 g/mol. The summed E-state index contributed by atoms with van der Waals surface area (Å²) in [5, 5.41) is 15.1. The van der Waals surface area contributed by atoms with Gasteiger partial charge in [-0.3, -0.25) is 9.21 Å². The van der Waals surface area contributed by atoms with Crippen molar-refractivity contribution >= 4 is 38.0 Å². The van der Waals surface area contributed by atoms with Gasteiger partial charge in [-0.1, -0.05) is 30.3 Å². The number of aromatic nitrogens is 1. The Labute approximate surface area is 240 Å². The molecule has 1 fully saturated rings. The van der Waals surface area contributed by atoms with Gasteiger partial charge >= 0.3 is 0 Å². The van der Waals surface area contributed by atoms with Crippen molar-refractivity contribution in [3.05, 3.63) is 77.9 Å². The van der Waals surface area contributed by atoms with Gasteiger partial charge in [0.2, 0.25) is 10.0 Å². The van der Waals surface area contributed by atoms with Crippen molar-refractivity contribution in [1.29, 1.82) is 0 Å². The number of hydrogen-bond acceptors (Lipinski definition) is 8. The smallest absolute Gasteiger partial charge is 0.232 e. The molecule has 1 aliphatic heterocycles. The van der Waals surface area contributed by atoms with Gasteiger partial charge < -0.3 is 24.9 Å². The van der Waals surface area contributed by atoms with Crippen LogP contribution in [0.2, 0.25) is 0 Å². The van der Waals surface area contributed by atoms with Crippen LogP contribution in [0.15, 0.2) is 71.7 Å². The van der Waals surface area contributed by atoms with Gasteiger partial charge in [0, 0.05) is 56.3 Å². The lowest BCUT2D eigenvalue weighted by Crippen LogP contribution is -2.47. The van der Waals surface area contributed by atoms with Crippen LogP contribution in [-0.4, -0.2) is 88.9 Å². The van der Waals surface area contributed by atoms with E-state index in [1.54, 1.807) is 44.6 Å². The van der Waals surface area contributed by atoms with Gasteiger partial charge in [-0.05, 0) is 30.3 Å². The summed E-state index contributed by atoms with van der Waals surface area (Å²) in [6.45, 7) is 4.62. The number of sulfonamides is 1. The van der Waals surface area contributed by atoms with Crippen molar-refractivity contribution in [2.45, 2.75) is 0 Å². The number of rotatable bonds is 10. The normalized spacial score (nSPS) is 14.8. The van der Waals surface area contributed by atoms with E-state index < -0.39 is 10.0 Å². The molecule has 0 radical (unpaired) electrons. The fraction of sp³-hybridized carbons (Fsp3) is 0.300. The minimum absolute atomic E-state index is 0.0364. The molecule has 216 valence electrons. The maximum absolute atomic E-state index is 12.7. The SMILES string of the molecule is COc1cc2[nH]c(O)c(C(=Nc3ccc(N(CCN4CCNCC4)S(C)(=O)=O)cc3)c3ccccc3)c2cc1OC. The van der Waals surface area contributed by atoms with Crippen LogP contribution in [0.1, 0.15) is 11.1 Å². The van der Waals surface area contributed by atoms with Crippen LogP contribution in [0.4, 0.5) is 11.4 Å². The first-order valence-corrected chi connectivity index (χ1v) is 15.3. The van der Waals surface area contributed by atoms with Gasteiger partial charge in [0.15, 0.2) is 17.4 Å². The van der Waals surface area contributed by atoms with Gasteiger partial charge in [0.25, 0.3) is 0 Å². The van der Waals surface area contributed by atoms with E-state index >= 15 is 0 Å². The van der Waals surface area contributed by atoms with E-state index in [0.29, 0.717) is 52.8 Å². The lowest BCUT2D eigenvalue weighted by Gasteiger charge is -2.30. The summed E-state index contributed by atoms with van der Waals surface area (Å²) in [4.78, 5) is 10.2. The molecule has 1 aromatic heterocycles. The molecule has 41 heavy (non-hydrogen) atoms. The molecule has 0 atom stereocenters. The number of ether oxygens (including phenoxy) is 2. The number of anilines is 1. The van der Waals surface area contributed by atoms with Crippen LogP contribution in [0.3, 0.4) is 0 Å². The number of aliphatic imine (C=N–C) groups is 1. The van der Waals surface area contributed by atoms with Gasteiger partial charge in [0.1, 0.15) is 0 Å². The predicted octanol–water partition coefficient (Wildman–Crippen LogP) is 3.73. The molecule has 0 bridgehead atoms. The Morgan fingerprint density at radius 2 is 1.66 bits per heavy atom. The summed E-state index contributed by atoms with van der Waals surface area (Å²) < 4.78 is 37.8. The summed E-state index contributed by atoms with van der Waals surface area (Å²) >= 11 is 0. The van der Waals surface area contributed by atoms with Crippen molar-refractivity contribution in [3.8, 4) is 17.4 Å². The van der Waals surface area contributed by atoms with Crippen LogP contribution < -0.4 is 19.1 Å². The third-order valence-corrected chi connectivity index (χ3v) is 8.37. The Hall–Kier alpha value is -4.06. The van der Waals surface area contributed by atoms with E-state index in [-0.39, 0.29) is 5.88 Å². The highest BCUT2D eigenvalue weighted by Gasteiger charge is 2.22. The van der Waals surface area contributed by atoms with Gasteiger partial charge in [-0.15, -0.1) is 0 Å². The van der Waals surface area contributed by atoms with Crippen molar-refractivity contribution < 1.29 is 23.0 Å². The summed E-state index contributed by atoms with van der Waals surface area (Å²) in [6.07, 6.45) is 1.23. The fourth-order valence-corrected chi connectivity index (χ4v) is 6.00. The Bertz CT molecular complexity index is 1630. The molecule has 1 saturated heterocycles. The summed E-state index contributed by atoms with van der Waals surface area (Å²) in [6, 6.07) is 20.3. The zero-order valence-electron chi connectivity index (χ0n) is 23.4. The van der Waals surface area contributed by atoms with Crippen LogP contribution in [-0.2, 0) is 10.0 Å². The van der Waals surface area contributed by atoms with Crippen LogP contribution >= 0.6 is 0 Å². The van der Waals surface area contributed by atoms with Crippen molar-refractivity contribution in [2.75, 3.05) is 64.0 Å². The minimum atomic E-state index is -3.48. The predicted molar refractivity (Wildman–Crippen MR) is 163 cm³/mol. The highest BCUT2D eigenvalue weighted by Crippen LogP contribution is 2.38. The van der Waals surface area contributed by atoms with E-state index in [4.69, 9.17) is 14.5 Å². The molecule has 5 rings (SSSR count). The van der Waals surface area contributed by atoms with Crippen LogP contribution in [0.25, 0.3) is 10.9 Å². The molecule has 10 nitrogen and oxygen atoms in total. The largest absolute Gasteiger partial charge is 0.494 e. The molecule has 3 aromatic carbocycles. The van der Waals surface area contributed by atoms with Crippen molar-refractivity contribution in [3.63, 3.8) is 0 Å². The first kappa shape index (κ1) is 28.5. The molecule has 1 aliphatic rings. The number of piperazine rings is 1. The Balaban J connectivity index is 1.53. The number of aromatic amines is 1. The molecule has 4 aromatic rings. The third-order valence-electron chi connectivity index (χ3n) is 7.17. The lowest BCUT2D eigenvalue weighted by molar-refractivity contribution is 0.248. The Morgan fingerprint density at radius 1 is 1.00 bits per heavy atom. The molecule has 0 saturated carbocycles. The van der Waals surface area contributed by atoms with Gasteiger partial charge in [0.05, 0.1) is 48.6 Å². The first-order chi connectivity index (χ1) is 19.8. The maximum Gasteiger partial charge on any atom is 0.232 e. The van der Waals surface area contributed by atoms with Crippen molar-refractivity contribution in [1.82, 2.24) is 15.2 Å². The monoisotopic (exact) mass is 577 g/mol. The zero-order chi connectivity index (χ0) is 29.0. The number of methoxy groups -OCH3 is 2. The highest BCUT2D eigenvalue weighted by atomic mass is 32.2. The molecule has 0 unspecified atom stereocenters. The number of H-pyrrole nitrogens is 1. The van der Waals surface area contributed by atoms with E-state index in [1.807, 2.05) is 36.4 Å².